The van der Waals surface area contributed by atoms with Crippen molar-refractivity contribution < 1.29 is 19.0 Å². The molecule has 98 valence electrons. The van der Waals surface area contributed by atoms with Crippen LogP contribution in [0, 0.1) is 12.7 Å². The highest BCUT2D eigenvalue weighted by atomic mass is 19.1. The zero-order chi connectivity index (χ0) is 14.0. The van der Waals surface area contributed by atoms with Crippen LogP contribution in [-0.4, -0.2) is 18.2 Å². The van der Waals surface area contributed by atoms with Gasteiger partial charge in [-0.3, -0.25) is 0 Å². The minimum atomic E-state index is -1.28. The van der Waals surface area contributed by atoms with Crippen molar-refractivity contribution in [2.45, 2.75) is 6.92 Å². The maximum Gasteiger partial charge on any atom is 0.338 e. The molecule has 2 rings (SSSR count). The van der Waals surface area contributed by atoms with E-state index < -0.39 is 11.8 Å². The van der Waals surface area contributed by atoms with Crippen LogP contribution in [0.15, 0.2) is 36.4 Å². The molecule has 4 heteroatoms. The van der Waals surface area contributed by atoms with Gasteiger partial charge in [0.05, 0.1) is 12.7 Å². The number of carboxylic acids is 1. The second-order valence-corrected chi connectivity index (χ2v) is 4.15. The minimum absolute atomic E-state index is 0.341. The van der Waals surface area contributed by atoms with Crippen molar-refractivity contribution in [2.24, 2.45) is 0 Å². The van der Waals surface area contributed by atoms with Crippen LogP contribution in [0.4, 0.5) is 4.39 Å². The maximum atomic E-state index is 13.6. The molecule has 0 saturated carbocycles. The van der Waals surface area contributed by atoms with Crippen LogP contribution in [0.1, 0.15) is 15.9 Å². The summed E-state index contributed by atoms with van der Waals surface area (Å²) in [5.74, 6) is -1.40. The van der Waals surface area contributed by atoms with Crippen molar-refractivity contribution in [3.63, 3.8) is 0 Å². The number of methoxy groups -OCH3 is 1. The highest BCUT2D eigenvalue weighted by Gasteiger charge is 2.16. The van der Waals surface area contributed by atoms with Crippen molar-refractivity contribution in [3.8, 4) is 16.9 Å². The smallest absolute Gasteiger partial charge is 0.338 e. The number of aromatic carboxylic acids is 1. The fraction of sp³-hybridized carbons (Fsp3) is 0.133. The Bertz CT molecular complexity index is 635. The number of benzene rings is 2. The molecule has 0 unspecified atom stereocenters. The number of hydrogen-bond donors (Lipinski definition) is 1. The highest BCUT2D eigenvalue weighted by molar-refractivity contribution is 5.90. The lowest BCUT2D eigenvalue weighted by molar-refractivity contribution is 0.0692. The summed E-state index contributed by atoms with van der Waals surface area (Å²) >= 11 is 0. The van der Waals surface area contributed by atoms with Crippen LogP contribution in [0.5, 0.6) is 5.75 Å². The molecule has 0 aliphatic carbocycles. The first kappa shape index (κ1) is 13.1. The molecule has 0 aromatic heterocycles. The van der Waals surface area contributed by atoms with Gasteiger partial charge in [0.2, 0.25) is 0 Å². The number of ether oxygens (including phenoxy) is 1. The molecule has 0 aliphatic rings. The van der Waals surface area contributed by atoms with E-state index in [0.29, 0.717) is 16.9 Å². The predicted molar refractivity (Wildman–Crippen MR) is 70.1 cm³/mol. The van der Waals surface area contributed by atoms with Crippen molar-refractivity contribution in [3.05, 3.63) is 53.3 Å². The molecule has 0 aliphatic heterocycles. The lowest BCUT2D eigenvalue weighted by Crippen LogP contribution is -2.02. The summed E-state index contributed by atoms with van der Waals surface area (Å²) in [4.78, 5) is 11.0. The number of carbonyl (C=O) groups is 1. The van der Waals surface area contributed by atoms with Gasteiger partial charge in [-0.25, -0.2) is 9.18 Å². The lowest BCUT2D eigenvalue weighted by Gasteiger charge is -2.12. The summed E-state index contributed by atoms with van der Waals surface area (Å²) < 4.78 is 18.8. The Morgan fingerprint density at radius 2 is 1.89 bits per heavy atom. The first-order chi connectivity index (χ1) is 9.04. The summed E-state index contributed by atoms with van der Waals surface area (Å²) in [7, 11) is 1.54. The van der Waals surface area contributed by atoms with Gasteiger partial charge in [0.1, 0.15) is 11.6 Å². The summed E-state index contributed by atoms with van der Waals surface area (Å²) in [6, 6.07) is 9.79. The number of aryl methyl sites for hydroxylation is 1. The van der Waals surface area contributed by atoms with E-state index in [2.05, 4.69) is 0 Å². The minimum Gasteiger partial charge on any atom is -0.496 e. The van der Waals surface area contributed by atoms with Crippen LogP contribution in [-0.2, 0) is 0 Å². The highest BCUT2D eigenvalue weighted by Crippen LogP contribution is 2.33. The number of para-hydroxylation sites is 1. The SMILES string of the molecule is COc1ccccc1-c1cc(C(=O)O)c(F)cc1C. The second-order valence-electron chi connectivity index (χ2n) is 4.15. The van der Waals surface area contributed by atoms with Gasteiger partial charge in [-0.05, 0) is 36.2 Å². The summed E-state index contributed by atoms with van der Waals surface area (Å²) in [6.45, 7) is 1.73. The van der Waals surface area contributed by atoms with Crippen LogP contribution >= 0.6 is 0 Å². The first-order valence-corrected chi connectivity index (χ1v) is 5.71. The molecule has 0 atom stereocenters. The fourth-order valence-corrected chi connectivity index (χ4v) is 1.99. The van der Waals surface area contributed by atoms with E-state index >= 15 is 0 Å². The molecule has 0 radical (unpaired) electrons. The molecule has 1 N–H and O–H groups in total. The van der Waals surface area contributed by atoms with Gasteiger partial charge in [-0.15, -0.1) is 0 Å². The molecule has 0 heterocycles. The van der Waals surface area contributed by atoms with E-state index in [4.69, 9.17) is 9.84 Å². The Labute approximate surface area is 110 Å². The van der Waals surface area contributed by atoms with E-state index in [1.54, 1.807) is 13.0 Å². The van der Waals surface area contributed by atoms with Gasteiger partial charge in [-0.1, -0.05) is 18.2 Å². The Morgan fingerprint density at radius 3 is 2.53 bits per heavy atom. The van der Waals surface area contributed by atoms with Crippen LogP contribution in [0.25, 0.3) is 11.1 Å². The van der Waals surface area contributed by atoms with E-state index in [0.717, 1.165) is 5.56 Å². The van der Waals surface area contributed by atoms with E-state index in [9.17, 15) is 9.18 Å². The van der Waals surface area contributed by atoms with Crippen molar-refractivity contribution in [1.29, 1.82) is 0 Å². The molecule has 2 aromatic carbocycles. The standard InChI is InChI=1S/C15H13FO3/c1-9-7-13(16)12(15(17)18)8-11(9)10-5-3-4-6-14(10)19-2/h3-8H,1-2H3,(H,17,18). The molecule has 0 amide bonds. The van der Waals surface area contributed by atoms with E-state index in [1.165, 1.54) is 19.2 Å². The number of carboxylic acid groups (broad SMARTS) is 1. The van der Waals surface area contributed by atoms with E-state index in [-0.39, 0.29) is 5.56 Å². The van der Waals surface area contributed by atoms with Crippen molar-refractivity contribution in [2.75, 3.05) is 7.11 Å². The molecule has 2 aromatic rings. The van der Waals surface area contributed by atoms with Crippen molar-refractivity contribution in [1.82, 2.24) is 0 Å². The molecular formula is C15H13FO3. The summed E-state index contributed by atoms with van der Waals surface area (Å²) in [5, 5.41) is 8.98. The summed E-state index contributed by atoms with van der Waals surface area (Å²) in [6.07, 6.45) is 0. The van der Waals surface area contributed by atoms with E-state index in [1.807, 2.05) is 18.2 Å². The van der Waals surface area contributed by atoms with Gasteiger partial charge >= 0.3 is 5.97 Å². The molecule has 0 saturated heterocycles. The molecule has 0 bridgehead atoms. The van der Waals surface area contributed by atoms with Gasteiger partial charge in [0, 0.05) is 5.56 Å². The van der Waals surface area contributed by atoms with Gasteiger partial charge in [0.25, 0.3) is 0 Å². The maximum absolute atomic E-state index is 13.6. The van der Waals surface area contributed by atoms with Crippen molar-refractivity contribution >= 4 is 5.97 Å². The van der Waals surface area contributed by atoms with Crippen LogP contribution in [0.2, 0.25) is 0 Å². The van der Waals surface area contributed by atoms with Gasteiger partial charge < -0.3 is 9.84 Å². The third kappa shape index (κ3) is 2.42. The lowest BCUT2D eigenvalue weighted by atomic mass is 9.97. The predicted octanol–water partition coefficient (Wildman–Crippen LogP) is 3.51. The normalized spacial score (nSPS) is 10.3. The molecule has 3 nitrogen and oxygen atoms in total. The largest absolute Gasteiger partial charge is 0.496 e. The Morgan fingerprint density at radius 1 is 1.21 bits per heavy atom. The average molecular weight is 260 g/mol. The van der Waals surface area contributed by atoms with Crippen LogP contribution in [0.3, 0.4) is 0 Å². The van der Waals surface area contributed by atoms with Gasteiger partial charge in [0.15, 0.2) is 0 Å². The molecule has 19 heavy (non-hydrogen) atoms. The third-order valence-corrected chi connectivity index (χ3v) is 2.94. The fourth-order valence-electron chi connectivity index (χ4n) is 1.99. The molecule has 0 spiro atoms. The van der Waals surface area contributed by atoms with Gasteiger partial charge in [-0.2, -0.15) is 0 Å². The molecular weight excluding hydrogens is 247 g/mol. The zero-order valence-electron chi connectivity index (χ0n) is 10.6. The summed E-state index contributed by atoms with van der Waals surface area (Å²) in [5.41, 5.74) is 1.71. The van der Waals surface area contributed by atoms with Crippen LogP contribution < -0.4 is 4.74 Å². The number of rotatable bonds is 3. The number of hydrogen-bond acceptors (Lipinski definition) is 2. The zero-order valence-corrected chi connectivity index (χ0v) is 10.6. The quantitative estimate of drug-likeness (QED) is 0.918. The third-order valence-electron chi connectivity index (χ3n) is 2.94. The Hall–Kier alpha value is -2.36. The Kier molecular flexibility index (Phi) is 3.51. The number of halogens is 1. The Balaban J connectivity index is 2.68. The first-order valence-electron chi connectivity index (χ1n) is 5.71. The average Bonchev–Trinajstić information content (AvgIpc) is 2.38. The monoisotopic (exact) mass is 260 g/mol. The topological polar surface area (TPSA) is 46.5 Å². The molecule has 0 fully saturated rings. The second kappa shape index (κ2) is 5.10.